The molecule has 1 aliphatic heterocycles. The fourth-order valence-electron chi connectivity index (χ4n) is 2.96. The van der Waals surface area contributed by atoms with Crippen molar-refractivity contribution in [2.24, 2.45) is 0 Å². The highest BCUT2D eigenvalue weighted by atomic mass is 16.7. The van der Waals surface area contributed by atoms with Crippen molar-refractivity contribution in [1.29, 1.82) is 0 Å². The molecular formula is C18H28O10. The molecule has 10 heteroatoms. The second-order valence-corrected chi connectivity index (χ2v) is 6.20. The molecule has 1 rings (SSSR count). The Hall–Kier alpha value is -2.04. The van der Waals surface area contributed by atoms with Gasteiger partial charge in [-0.15, -0.1) is 0 Å². The van der Waals surface area contributed by atoms with Crippen LogP contribution in [-0.4, -0.2) is 73.7 Å². The van der Waals surface area contributed by atoms with Crippen molar-refractivity contribution < 1.29 is 47.6 Å². The third kappa shape index (κ3) is 5.73. The highest BCUT2D eigenvalue weighted by Crippen LogP contribution is 2.37. The molecule has 0 bridgehead atoms. The zero-order valence-electron chi connectivity index (χ0n) is 17.0. The first-order valence-corrected chi connectivity index (χ1v) is 8.98. The smallest absolute Gasteiger partial charge is 0.303 e. The summed E-state index contributed by atoms with van der Waals surface area (Å²) in [5, 5.41) is 0. The van der Waals surface area contributed by atoms with Crippen molar-refractivity contribution in [3.05, 3.63) is 0 Å². The van der Waals surface area contributed by atoms with Crippen LogP contribution in [0.25, 0.3) is 0 Å². The monoisotopic (exact) mass is 404 g/mol. The lowest BCUT2D eigenvalue weighted by Gasteiger charge is -2.49. The molecule has 1 aliphatic rings. The van der Waals surface area contributed by atoms with Crippen LogP contribution in [0.5, 0.6) is 0 Å². The number of carbonyl (C=O) groups excluding carboxylic acids is 4. The molecule has 1 saturated heterocycles. The molecule has 0 unspecified atom stereocenters. The summed E-state index contributed by atoms with van der Waals surface area (Å²) in [6.07, 6.45) is -5.28. The van der Waals surface area contributed by atoms with Crippen molar-refractivity contribution in [3.8, 4) is 0 Å². The topological polar surface area (TPSA) is 124 Å². The molecule has 28 heavy (non-hydrogen) atoms. The maximum atomic E-state index is 12.6. The molecule has 0 spiro atoms. The van der Waals surface area contributed by atoms with Gasteiger partial charge in [0.1, 0.15) is 0 Å². The molecule has 10 nitrogen and oxygen atoms in total. The van der Waals surface area contributed by atoms with Crippen molar-refractivity contribution in [2.75, 3.05) is 19.8 Å². The molecule has 0 aromatic heterocycles. The van der Waals surface area contributed by atoms with Crippen LogP contribution in [0.1, 0.15) is 41.5 Å². The van der Waals surface area contributed by atoms with E-state index in [-0.39, 0.29) is 19.8 Å². The highest BCUT2D eigenvalue weighted by molar-refractivity contribution is 5.87. The Bertz CT molecular complexity index is 589. The first kappa shape index (κ1) is 24.0. The van der Waals surface area contributed by atoms with Gasteiger partial charge in [0.25, 0.3) is 0 Å². The van der Waals surface area contributed by atoms with Gasteiger partial charge in [-0.2, -0.15) is 0 Å². The number of ether oxygens (including phenoxy) is 6. The average molecular weight is 404 g/mol. The molecule has 1 fully saturated rings. The van der Waals surface area contributed by atoms with Crippen LogP contribution in [-0.2, 0) is 47.6 Å². The highest BCUT2D eigenvalue weighted by Gasteiger charge is 2.62. The summed E-state index contributed by atoms with van der Waals surface area (Å²) >= 11 is 0. The van der Waals surface area contributed by atoms with E-state index in [1.54, 1.807) is 13.8 Å². The van der Waals surface area contributed by atoms with Crippen molar-refractivity contribution in [1.82, 2.24) is 0 Å². The molecule has 0 aliphatic carbocycles. The van der Waals surface area contributed by atoms with Gasteiger partial charge in [-0.1, -0.05) is 0 Å². The molecule has 1 heterocycles. The molecule has 5 atom stereocenters. The van der Waals surface area contributed by atoms with E-state index in [1.165, 1.54) is 6.92 Å². The van der Waals surface area contributed by atoms with Gasteiger partial charge < -0.3 is 28.4 Å². The summed E-state index contributed by atoms with van der Waals surface area (Å²) in [6, 6.07) is 0. The van der Waals surface area contributed by atoms with Crippen LogP contribution >= 0.6 is 0 Å². The zero-order chi connectivity index (χ0) is 21.5. The Labute approximate surface area is 163 Å². The van der Waals surface area contributed by atoms with Crippen molar-refractivity contribution in [2.45, 2.75) is 71.7 Å². The first-order chi connectivity index (χ1) is 13.1. The van der Waals surface area contributed by atoms with E-state index < -0.39 is 53.9 Å². The fraction of sp³-hybridized carbons (Fsp3) is 0.778. The van der Waals surface area contributed by atoms with Crippen molar-refractivity contribution in [3.63, 3.8) is 0 Å². The summed E-state index contributed by atoms with van der Waals surface area (Å²) in [5.74, 6) is -2.71. The predicted molar refractivity (Wildman–Crippen MR) is 93.1 cm³/mol. The van der Waals surface area contributed by atoms with Gasteiger partial charge in [0.15, 0.2) is 36.0 Å². The van der Waals surface area contributed by atoms with Gasteiger partial charge >= 0.3 is 17.9 Å². The maximum Gasteiger partial charge on any atom is 0.303 e. The maximum absolute atomic E-state index is 12.6. The number of carbonyl (C=O) groups is 4. The van der Waals surface area contributed by atoms with E-state index in [0.29, 0.717) is 0 Å². The number of hydrogen-bond acceptors (Lipinski definition) is 10. The van der Waals surface area contributed by atoms with Crippen LogP contribution in [0.2, 0.25) is 0 Å². The summed E-state index contributed by atoms with van der Waals surface area (Å²) in [5.41, 5.74) is -1.82. The Balaban J connectivity index is 3.56. The Morgan fingerprint density at radius 1 is 0.821 bits per heavy atom. The lowest BCUT2D eigenvalue weighted by molar-refractivity contribution is -0.331. The van der Waals surface area contributed by atoms with Crippen LogP contribution in [0.15, 0.2) is 0 Å². The second kappa shape index (κ2) is 10.5. The predicted octanol–water partition coefficient (Wildman–Crippen LogP) is 0.539. The first-order valence-electron chi connectivity index (χ1n) is 8.98. The quantitative estimate of drug-likeness (QED) is 0.397. The molecule has 0 radical (unpaired) electrons. The van der Waals surface area contributed by atoms with Gasteiger partial charge in [-0.05, 0) is 20.8 Å². The number of hydrogen-bond donors (Lipinski definition) is 0. The molecule has 160 valence electrons. The summed E-state index contributed by atoms with van der Waals surface area (Å²) in [7, 11) is 0. The van der Waals surface area contributed by atoms with E-state index >= 15 is 0 Å². The summed E-state index contributed by atoms with van der Waals surface area (Å²) in [4.78, 5) is 47.7. The molecular weight excluding hydrogens is 376 g/mol. The normalized spacial score (nSPS) is 29.6. The number of ketones is 1. The molecule has 0 saturated carbocycles. The second-order valence-electron chi connectivity index (χ2n) is 6.20. The van der Waals surface area contributed by atoms with Crippen LogP contribution < -0.4 is 0 Å². The summed E-state index contributed by atoms with van der Waals surface area (Å²) < 4.78 is 32.7. The van der Waals surface area contributed by atoms with Crippen molar-refractivity contribution >= 4 is 23.7 Å². The minimum Gasteiger partial charge on any atom is -0.455 e. The fourth-order valence-corrected chi connectivity index (χ4v) is 2.96. The van der Waals surface area contributed by atoms with E-state index in [4.69, 9.17) is 28.4 Å². The van der Waals surface area contributed by atoms with E-state index in [0.717, 1.165) is 20.8 Å². The number of rotatable bonds is 9. The Kier molecular flexibility index (Phi) is 8.99. The third-order valence-electron chi connectivity index (χ3n) is 4.02. The van der Waals surface area contributed by atoms with E-state index in [2.05, 4.69) is 0 Å². The largest absolute Gasteiger partial charge is 0.455 e. The summed E-state index contributed by atoms with van der Waals surface area (Å²) in [6.45, 7) is 8.15. The average Bonchev–Trinajstić information content (AvgIpc) is 2.57. The van der Waals surface area contributed by atoms with Gasteiger partial charge in [-0.25, -0.2) is 0 Å². The number of esters is 3. The van der Waals surface area contributed by atoms with Crippen LogP contribution in [0.3, 0.4) is 0 Å². The third-order valence-corrected chi connectivity index (χ3v) is 4.02. The van der Waals surface area contributed by atoms with Gasteiger partial charge in [0.2, 0.25) is 0 Å². The van der Waals surface area contributed by atoms with Gasteiger partial charge in [0, 0.05) is 34.0 Å². The minimum atomic E-state index is -1.82. The molecule has 0 amide bonds. The Morgan fingerprint density at radius 2 is 1.36 bits per heavy atom. The molecule has 0 aromatic carbocycles. The van der Waals surface area contributed by atoms with Crippen LogP contribution in [0.4, 0.5) is 0 Å². The standard InChI is InChI=1S/C18H28O10/c1-7-23-9-18(10(3)19)16(27-13(6)22)14(25-11(4)20)15(26-12(5)21)17(28-18)24-8-2/h14-17H,7-9H2,1-6H3/t14-,15-,16+,17+,18+/m1/s1. The lowest BCUT2D eigenvalue weighted by Crippen LogP contribution is -2.71. The number of Topliss-reactive ketones (excluding diaryl/α,β-unsaturated/α-hetero) is 1. The van der Waals surface area contributed by atoms with Crippen LogP contribution in [0, 0.1) is 0 Å². The van der Waals surface area contributed by atoms with Gasteiger partial charge in [0.05, 0.1) is 6.61 Å². The van der Waals surface area contributed by atoms with E-state index in [9.17, 15) is 19.2 Å². The molecule has 0 N–H and O–H groups in total. The SMILES string of the molecule is CCOC[C@@]1(C(C)=O)O[C@H](OCC)[C@H](OC(C)=O)[C@@H](OC(C)=O)[C@@H]1OC(C)=O. The zero-order valence-corrected chi connectivity index (χ0v) is 17.0. The lowest BCUT2D eigenvalue weighted by atomic mass is 9.83. The van der Waals surface area contributed by atoms with E-state index in [1.807, 2.05) is 0 Å². The molecule has 0 aromatic rings. The minimum absolute atomic E-state index is 0.149. The Morgan fingerprint density at radius 3 is 1.79 bits per heavy atom. The van der Waals surface area contributed by atoms with Gasteiger partial charge in [-0.3, -0.25) is 19.2 Å².